The van der Waals surface area contributed by atoms with E-state index in [1.165, 1.54) is 12.5 Å². The van der Waals surface area contributed by atoms with Crippen molar-refractivity contribution in [2.24, 2.45) is 0 Å². The fourth-order valence-corrected chi connectivity index (χ4v) is 7.84. The fraction of sp³-hybridized carbons (Fsp3) is 0.861. The molecule has 0 aromatic heterocycles. The molecule has 288 valence electrons. The Labute approximate surface area is 308 Å². The van der Waals surface area contributed by atoms with Crippen LogP contribution < -0.4 is 0 Å². The largest absolute Gasteiger partial charge is 0.412 e. The minimum Gasteiger partial charge on any atom is -0.412 e. The van der Waals surface area contributed by atoms with Gasteiger partial charge in [0.15, 0.2) is 36.5 Å². The number of aliphatic hydroxyl groups is 1. The molecule has 1 heterocycles. The molecule has 0 saturated carbocycles. The Morgan fingerprint density at radius 2 is 1.04 bits per heavy atom. The number of rotatable bonds is 16. The molecule has 0 bridgehead atoms. The van der Waals surface area contributed by atoms with E-state index in [0.29, 0.717) is 19.3 Å². The van der Waals surface area contributed by atoms with Crippen LogP contribution in [0, 0.1) is 0 Å². The third kappa shape index (κ3) is 32.9. The van der Waals surface area contributed by atoms with Crippen LogP contribution in [0.2, 0.25) is 58.9 Å². The van der Waals surface area contributed by atoms with Crippen LogP contribution in [0.25, 0.3) is 0 Å². The lowest BCUT2D eigenvalue weighted by atomic mass is 10.0. The van der Waals surface area contributed by atoms with Gasteiger partial charge in [-0.15, -0.1) is 0 Å². The number of carbonyl (C=O) groups excluding carboxylic acids is 3. The number of ketones is 3. The van der Waals surface area contributed by atoms with Crippen molar-refractivity contribution in [2.75, 3.05) is 6.61 Å². The molecule has 0 spiro atoms. The molecule has 0 aromatic carbocycles. The first-order valence-electron chi connectivity index (χ1n) is 17.7. The van der Waals surface area contributed by atoms with Crippen molar-refractivity contribution in [1.29, 1.82) is 0 Å². The standard InChI is InChI=1S/C9H20O2Si.C9H20OSi.C8H18O2Si.C5H9BrO.C5H10O2/c1-6-9(7-10-9)8(2)11-12(3,4)5;1-7-8(2)9(3)10-11(4,5)6;1-6-8(9)7(2)10-11(3,4)5;2*1-3-5(7)4(2)6/h8H,6-7H2,1-5H3;9H,2,7H2,1,3-6H3;7H,6H2,1-5H3;4H,3H2,1-2H3;4,6H,3H2,1-2H3. The van der Waals surface area contributed by atoms with Crippen LogP contribution >= 0.6 is 15.9 Å². The zero-order valence-electron chi connectivity index (χ0n) is 34.5. The van der Waals surface area contributed by atoms with Gasteiger partial charge in [0.2, 0.25) is 0 Å². The monoisotopic (exact) mass is 800 g/mol. The molecule has 1 rings (SSSR count). The van der Waals surface area contributed by atoms with Crippen LogP contribution in [0.15, 0.2) is 12.2 Å². The molecule has 48 heavy (non-hydrogen) atoms. The van der Waals surface area contributed by atoms with Crippen molar-refractivity contribution in [3.63, 3.8) is 0 Å². The Kier molecular flexibility index (Phi) is 30.0. The van der Waals surface area contributed by atoms with E-state index in [1.807, 2.05) is 27.7 Å². The highest BCUT2D eigenvalue weighted by atomic mass is 79.9. The first kappa shape index (κ1) is 54.5. The van der Waals surface area contributed by atoms with E-state index in [4.69, 9.17) is 23.1 Å². The molecule has 0 aromatic rings. The van der Waals surface area contributed by atoms with Crippen molar-refractivity contribution < 1.29 is 37.5 Å². The lowest BCUT2D eigenvalue weighted by Gasteiger charge is -2.27. The maximum absolute atomic E-state index is 11.1. The third-order valence-corrected chi connectivity index (χ3v) is 10.6. The van der Waals surface area contributed by atoms with Gasteiger partial charge in [0.05, 0.1) is 23.6 Å². The summed E-state index contributed by atoms with van der Waals surface area (Å²) in [6.45, 7) is 43.5. The molecule has 1 aliphatic rings. The highest BCUT2D eigenvalue weighted by molar-refractivity contribution is 9.10. The molecule has 6 atom stereocenters. The molecule has 1 saturated heterocycles. The van der Waals surface area contributed by atoms with Crippen LogP contribution in [0.3, 0.4) is 0 Å². The summed E-state index contributed by atoms with van der Waals surface area (Å²) >= 11 is 3.15. The summed E-state index contributed by atoms with van der Waals surface area (Å²) in [6.07, 6.45) is 3.26. The van der Waals surface area contributed by atoms with Gasteiger partial charge in [-0.1, -0.05) is 62.7 Å². The molecule has 8 nitrogen and oxygen atoms in total. The number of aliphatic hydroxyl groups excluding tert-OH is 1. The minimum absolute atomic E-state index is 0.0394. The summed E-state index contributed by atoms with van der Waals surface area (Å²) < 4.78 is 22.8. The van der Waals surface area contributed by atoms with Crippen molar-refractivity contribution in [1.82, 2.24) is 0 Å². The number of hydrogen-bond acceptors (Lipinski definition) is 8. The van der Waals surface area contributed by atoms with E-state index in [0.717, 1.165) is 19.4 Å². The maximum atomic E-state index is 11.1. The smallest absolute Gasteiger partial charge is 0.184 e. The molecule has 0 aliphatic carbocycles. The van der Waals surface area contributed by atoms with Gasteiger partial charge < -0.3 is 23.1 Å². The minimum atomic E-state index is -1.52. The van der Waals surface area contributed by atoms with Crippen molar-refractivity contribution in [2.45, 2.75) is 195 Å². The predicted octanol–water partition coefficient (Wildman–Crippen LogP) is 9.90. The van der Waals surface area contributed by atoms with Gasteiger partial charge in [0.1, 0.15) is 23.6 Å². The Morgan fingerprint density at radius 3 is 1.23 bits per heavy atom. The Balaban J connectivity index is -0.000000257. The summed E-state index contributed by atoms with van der Waals surface area (Å²) in [4.78, 5) is 31.9. The molecule has 1 aliphatic heterocycles. The Hall–Kier alpha value is -0.319. The summed E-state index contributed by atoms with van der Waals surface area (Å²) in [5, 5.41) is 8.47. The highest BCUT2D eigenvalue weighted by Crippen LogP contribution is 2.37. The molecule has 0 radical (unpaired) electrons. The summed E-state index contributed by atoms with van der Waals surface area (Å²) in [7, 11) is -4.27. The molecule has 1 fully saturated rings. The molecule has 12 heteroatoms. The SMILES string of the molecule is C=C(CC)C(C)O[Si](C)(C)C.CCC(=O)C(C)Br.CCC(=O)C(C)O.CCC(=O)C(C)O[Si](C)(C)C.CCC1(C(C)O[Si](C)(C)C)CO1. The van der Waals surface area contributed by atoms with Crippen LogP contribution in [0.5, 0.6) is 0 Å². The summed E-state index contributed by atoms with van der Waals surface area (Å²) in [6, 6.07) is 0. The van der Waals surface area contributed by atoms with Crippen molar-refractivity contribution >= 4 is 58.2 Å². The number of epoxide rings is 1. The lowest BCUT2D eigenvalue weighted by molar-refractivity contribution is -0.126. The van der Waals surface area contributed by atoms with E-state index in [1.54, 1.807) is 6.92 Å². The van der Waals surface area contributed by atoms with Crippen molar-refractivity contribution in [3.05, 3.63) is 12.2 Å². The van der Waals surface area contributed by atoms with Gasteiger partial charge in [0, 0.05) is 19.3 Å². The molecular weight excluding hydrogens is 725 g/mol. The molecule has 1 N–H and O–H groups in total. The zero-order valence-corrected chi connectivity index (χ0v) is 39.1. The summed E-state index contributed by atoms with van der Waals surface area (Å²) in [5.74, 6) is 0.368. The number of halogens is 1. The highest BCUT2D eigenvalue weighted by Gasteiger charge is 2.49. The molecule has 6 unspecified atom stereocenters. The van der Waals surface area contributed by atoms with Gasteiger partial charge >= 0.3 is 0 Å². The third-order valence-electron chi connectivity index (χ3n) is 6.88. The van der Waals surface area contributed by atoms with Gasteiger partial charge in [0.25, 0.3) is 0 Å². The van der Waals surface area contributed by atoms with Crippen LogP contribution in [-0.4, -0.2) is 88.9 Å². The summed E-state index contributed by atoms with van der Waals surface area (Å²) in [5.41, 5.74) is 1.27. The molecular formula is C36H77BrO8Si3. The Bertz CT molecular complexity index is 848. The van der Waals surface area contributed by atoms with E-state index in [-0.39, 0.29) is 46.1 Å². The number of alkyl halides is 1. The van der Waals surface area contributed by atoms with Crippen LogP contribution in [0.1, 0.15) is 101 Å². The fourth-order valence-electron chi connectivity index (χ4n) is 3.82. The van der Waals surface area contributed by atoms with E-state index < -0.39 is 31.1 Å². The van der Waals surface area contributed by atoms with Crippen LogP contribution in [0.4, 0.5) is 0 Å². The lowest BCUT2D eigenvalue weighted by Crippen LogP contribution is -2.38. The predicted molar refractivity (Wildman–Crippen MR) is 216 cm³/mol. The van der Waals surface area contributed by atoms with E-state index >= 15 is 0 Å². The average molecular weight is 802 g/mol. The van der Waals surface area contributed by atoms with Gasteiger partial charge in [-0.2, -0.15) is 0 Å². The number of ether oxygens (including phenoxy) is 1. The normalized spacial score (nSPS) is 18.6. The van der Waals surface area contributed by atoms with Gasteiger partial charge in [-0.25, -0.2) is 0 Å². The Morgan fingerprint density at radius 1 is 0.688 bits per heavy atom. The number of Topliss-reactive ketones (excluding diaryl/α,β-unsaturated/α-hetero) is 3. The first-order chi connectivity index (χ1) is 21.5. The van der Waals surface area contributed by atoms with Gasteiger partial charge in [-0.05, 0) is 106 Å². The van der Waals surface area contributed by atoms with Crippen LogP contribution in [-0.2, 0) is 32.4 Å². The number of hydrogen-bond donors (Lipinski definition) is 1. The topological polar surface area (TPSA) is 112 Å². The van der Waals surface area contributed by atoms with E-state index in [9.17, 15) is 14.4 Å². The quantitative estimate of drug-likeness (QED) is 0.0711. The molecule has 0 amide bonds. The van der Waals surface area contributed by atoms with Crippen molar-refractivity contribution in [3.8, 4) is 0 Å². The zero-order chi connectivity index (χ0) is 39.3. The second kappa shape index (κ2) is 26.5. The maximum Gasteiger partial charge on any atom is 0.184 e. The average Bonchev–Trinajstić information content (AvgIpc) is 3.75. The second-order valence-corrected chi connectivity index (χ2v) is 29.8. The van der Waals surface area contributed by atoms with E-state index in [2.05, 4.69) is 109 Å². The van der Waals surface area contributed by atoms with Gasteiger partial charge in [-0.3, -0.25) is 14.4 Å². The second-order valence-electron chi connectivity index (χ2n) is 15.1. The first-order valence-corrected chi connectivity index (χ1v) is 28.9. The number of carbonyl (C=O) groups is 3.